The SMILES string of the molecule is CCc1nnc(N/N=C\c2ccc(-c3ccc(OC)c(Cl)c3)o2)n1N. The molecule has 0 unspecified atom stereocenters. The van der Waals surface area contributed by atoms with Gasteiger partial charge >= 0.3 is 0 Å². The van der Waals surface area contributed by atoms with Crippen LogP contribution in [0.3, 0.4) is 0 Å². The predicted octanol–water partition coefficient (Wildman–Crippen LogP) is 2.92. The highest BCUT2D eigenvalue weighted by atomic mass is 35.5. The molecule has 2 heterocycles. The van der Waals surface area contributed by atoms with Crippen LogP contribution in [0.5, 0.6) is 5.75 Å². The molecule has 0 aliphatic carbocycles. The molecule has 9 heteroatoms. The average molecular weight is 361 g/mol. The maximum atomic E-state index is 6.14. The van der Waals surface area contributed by atoms with Crippen molar-refractivity contribution in [1.82, 2.24) is 14.9 Å². The van der Waals surface area contributed by atoms with E-state index in [0.717, 1.165) is 5.56 Å². The Kier molecular flexibility index (Phi) is 4.90. The van der Waals surface area contributed by atoms with E-state index in [4.69, 9.17) is 26.6 Å². The van der Waals surface area contributed by atoms with E-state index >= 15 is 0 Å². The minimum Gasteiger partial charge on any atom is -0.495 e. The van der Waals surface area contributed by atoms with Gasteiger partial charge in [-0.15, -0.1) is 10.2 Å². The van der Waals surface area contributed by atoms with Crippen LogP contribution in [0.4, 0.5) is 5.95 Å². The third-order valence-corrected chi connectivity index (χ3v) is 3.80. The number of aromatic nitrogens is 3. The molecule has 0 spiro atoms. The van der Waals surface area contributed by atoms with Gasteiger partial charge < -0.3 is 15.0 Å². The van der Waals surface area contributed by atoms with Gasteiger partial charge in [0.25, 0.3) is 5.95 Å². The van der Waals surface area contributed by atoms with E-state index in [-0.39, 0.29) is 0 Å². The van der Waals surface area contributed by atoms with Crippen LogP contribution in [0, 0.1) is 0 Å². The number of nitrogens with zero attached hydrogens (tertiary/aromatic N) is 4. The molecule has 0 bridgehead atoms. The summed E-state index contributed by atoms with van der Waals surface area (Å²) >= 11 is 6.14. The fourth-order valence-electron chi connectivity index (χ4n) is 2.19. The maximum absolute atomic E-state index is 6.14. The van der Waals surface area contributed by atoms with Crippen LogP contribution >= 0.6 is 11.6 Å². The third kappa shape index (κ3) is 3.58. The standard InChI is InChI=1S/C16H17ClN6O2/c1-3-15-20-22-16(23(15)18)21-19-9-11-5-7-13(25-11)10-4-6-14(24-2)12(17)8-10/h4-9H,3,18H2,1-2H3,(H,21,22)/b19-9-. The number of hydrogen-bond acceptors (Lipinski definition) is 7. The van der Waals surface area contributed by atoms with Crippen molar-refractivity contribution in [2.24, 2.45) is 5.10 Å². The summed E-state index contributed by atoms with van der Waals surface area (Å²) in [7, 11) is 1.57. The first-order valence-electron chi connectivity index (χ1n) is 7.54. The minimum absolute atomic E-state index is 0.349. The molecule has 1 aromatic carbocycles. The number of aryl methyl sites for hydroxylation is 1. The molecular weight excluding hydrogens is 344 g/mol. The first kappa shape index (κ1) is 16.8. The van der Waals surface area contributed by atoms with Gasteiger partial charge in [0, 0.05) is 12.0 Å². The first-order chi connectivity index (χ1) is 12.1. The highest BCUT2D eigenvalue weighted by molar-refractivity contribution is 6.32. The number of nitrogens with two attached hydrogens (primary N) is 1. The van der Waals surface area contributed by atoms with Gasteiger partial charge in [-0.1, -0.05) is 18.5 Å². The Bertz CT molecular complexity index is 902. The zero-order valence-corrected chi connectivity index (χ0v) is 14.5. The topological polar surface area (TPSA) is 103 Å². The molecule has 3 rings (SSSR count). The van der Waals surface area contributed by atoms with Crippen molar-refractivity contribution in [1.29, 1.82) is 0 Å². The molecule has 0 aliphatic rings. The van der Waals surface area contributed by atoms with Crippen LogP contribution in [0.2, 0.25) is 5.02 Å². The van der Waals surface area contributed by atoms with Crippen molar-refractivity contribution in [3.05, 3.63) is 46.9 Å². The number of halogens is 1. The minimum atomic E-state index is 0.349. The Morgan fingerprint density at radius 1 is 1.36 bits per heavy atom. The summed E-state index contributed by atoms with van der Waals surface area (Å²) in [5.74, 6) is 8.67. The number of rotatable bonds is 6. The number of methoxy groups -OCH3 is 1. The molecule has 0 saturated heterocycles. The molecule has 0 saturated carbocycles. The first-order valence-corrected chi connectivity index (χ1v) is 7.92. The molecule has 3 N–H and O–H groups in total. The number of nitrogen functional groups attached to an aromatic ring is 1. The van der Waals surface area contributed by atoms with Crippen molar-refractivity contribution in [3.63, 3.8) is 0 Å². The average Bonchev–Trinajstić information content (AvgIpc) is 3.22. The highest BCUT2D eigenvalue weighted by Gasteiger charge is 2.08. The van der Waals surface area contributed by atoms with E-state index in [1.807, 2.05) is 19.1 Å². The second kappa shape index (κ2) is 7.27. The Morgan fingerprint density at radius 2 is 2.20 bits per heavy atom. The lowest BCUT2D eigenvalue weighted by Crippen LogP contribution is -2.14. The van der Waals surface area contributed by atoms with Crippen molar-refractivity contribution < 1.29 is 9.15 Å². The maximum Gasteiger partial charge on any atom is 0.263 e. The number of anilines is 1. The van der Waals surface area contributed by atoms with Gasteiger partial charge in [0.2, 0.25) is 0 Å². The van der Waals surface area contributed by atoms with Gasteiger partial charge in [-0.25, -0.2) is 10.1 Å². The molecule has 0 amide bonds. The van der Waals surface area contributed by atoms with Gasteiger partial charge in [-0.05, 0) is 30.3 Å². The number of hydrogen-bond donors (Lipinski definition) is 2. The summed E-state index contributed by atoms with van der Waals surface area (Å²) in [6.07, 6.45) is 2.20. The lowest BCUT2D eigenvalue weighted by molar-refractivity contribution is 0.415. The van der Waals surface area contributed by atoms with Crippen LogP contribution in [0.1, 0.15) is 18.5 Å². The molecule has 130 valence electrons. The van der Waals surface area contributed by atoms with Gasteiger partial charge in [0.15, 0.2) is 5.82 Å². The fraction of sp³-hybridized carbons (Fsp3) is 0.188. The Hall–Kier alpha value is -3.00. The largest absolute Gasteiger partial charge is 0.495 e. The molecule has 8 nitrogen and oxygen atoms in total. The molecule has 0 aliphatic heterocycles. The number of ether oxygens (including phenoxy) is 1. The fourth-order valence-corrected chi connectivity index (χ4v) is 2.45. The second-order valence-corrected chi connectivity index (χ2v) is 5.49. The Balaban J connectivity index is 1.71. The van der Waals surface area contributed by atoms with E-state index in [1.54, 1.807) is 25.3 Å². The van der Waals surface area contributed by atoms with Crippen LogP contribution < -0.4 is 16.0 Å². The molecule has 0 atom stereocenters. The smallest absolute Gasteiger partial charge is 0.263 e. The van der Waals surface area contributed by atoms with Crippen LogP contribution in [0.15, 0.2) is 39.9 Å². The summed E-state index contributed by atoms with van der Waals surface area (Å²) in [6.45, 7) is 1.94. The monoisotopic (exact) mass is 360 g/mol. The van der Waals surface area contributed by atoms with Crippen molar-refractivity contribution in [2.45, 2.75) is 13.3 Å². The zero-order valence-electron chi connectivity index (χ0n) is 13.7. The molecule has 2 aromatic heterocycles. The predicted molar refractivity (Wildman–Crippen MR) is 96.5 cm³/mol. The Labute approximate surface area is 149 Å². The molecule has 0 radical (unpaired) electrons. The van der Waals surface area contributed by atoms with E-state index in [0.29, 0.717) is 40.5 Å². The summed E-state index contributed by atoms with van der Waals surface area (Å²) in [5, 5.41) is 12.4. The molecular formula is C16H17ClN6O2. The van der Waals surface area contributed by atoms with Crippen molar-refractivity contribution in [2.75, 3.05) is 18.4 Å². The summed E-state index contributed by atoms with van der Waals surface area (Å²) < 4.78 is 12.2. The van der Waals surface area contributed by atoms with Crippen LogP contribution in [-0.4, -0.2) is 28.2 Å². The van der Waals surface area contributed by atoms with E-state index in [1.165, 1.54) is 10.9 Å². The summed E-state index contributed by atoms with van der Waals surface area (Å²) in [5.41, 5.74) is 3.57. The second-order valence-electron chi connectivity index (χ2n) is 5.08. The van der Waals surface area contributed by atoms with Crippen molar-refractivity contribution >= 4 is 23.8 Å². The van der Waals surface area contributed by atoms with E-state index in [2.05, 4.69) is 20.7 Å². The number of hydrazone groups is 1. The molecule has 25 heavy (non-hydrogen) atoms. The third-order valence-electron chi connectivity index (χ3n) is 3.50. The number of benzene rings is 1. The van der Waals surface area contributed by atoms with E-state index < -0.39 is 0 Å². The number of furan rings is 1. The highest BCUT2D eigenvalue weighted by Crippen LogP contribution is 2.30. The zero-order chi connectivity index (χ0) is 17.8. The van der Waals surface area contributed by atoms with Gasteiger partial charge in [-0.3, -0.25) is 0 Å². The Morgan fingerprint density at radius 3 is 2.88 bits per heavy atom. The lowest BCUT2D eigenvalue weighted by Gasteiger charge is -2.04. The van der Waals surface area contributed by atoms with Gasteiger partial charge in [0.1, 0.15) is 17.3 Å². The van der Waals surface area contributed by atoms with E-state index in [9.17, 15) is 0 Å². The molecule has 3 aromatic rings. The quantitative estimate of drug-likeness (QED) is 0.398. The number of nitrogens with one attached hydrogen (secondary N) is 1. The van der Waals surface area contributed by atoms with Crippen molar-refractivity contribution in [3.8, 4) is 17.1 Å². The lowest BCUT2D eigenvalue weighted by atomic mass is 10.2. The normalized spacial score (nSPS) is 11.2. The van der Waals surface area contributed by atoms with Crippen LogP contribution in [-0.2, 0) is 6.42 Å². The van der Waals surface area contributed by atoms with Crippen LogP contribution in [0.25, 0.3) is 11.3 Å². The van der Waals surface area contributed by atoms with Gasteiger partial charge in [-0.2, -0.15) is 5.10 Å². The summed E-state index contributed by atoms with van der Waals surface area (Å²) in [4.78, 5) is 0. The van der Waals surface area contributed by atoms with Gasteiger partial charge in [0.05, 0.1) is 18.3 Å². The molecule has 0 fully saturated rings. The summed E-state index contributed by atoms with van der Waals surface area (Å²) in [6, 6.07) is 9.06.